The average Bonchev–Trinajstić information content (AvgIpc) is 2.19. The molecule has 0 saturated carbocycles. The van der Waals surface area contributed by atoms with Gasteiger partial charge in [-0.3, -0.25) is 0 Å². The minimum atomic E-state index is -2.86. The van der Waals surface area contributed by atoms with Crippen LogP contribution in [0.4, 0.5) is 0 Å². The molecule has 5 heteroatoms. The Morgan fingerprint density at radius 3 is 2.43 bits per heavy atom. The van der Waals surface area contributed by atoms with Crippen molar-refractivity contribution in [3.63, 3.8) is 0 Å². The number of halogens is 1. The van der Waals surface area contributed by atoms with Crippen LogP contribution in [0.25, 0.3) is 0 Å². The maximum atomic E-state index is 11.8. The Morgan fingerprint density at radius 2 is 1.86 bits per heavy atom. The van der Waals surface area contributed by atoms with Gasteiger partial charge in [-0.2, -0.15) is 0 Å². The first-order valence-electron chi connectivity index (χ1n) is 5.02. The normalized spacial score (nSPS) is 19.8. The van der Waals surface area contributed by atoms with Gasteiger partial charge in [0.15, 0.2) is 9.84 Å². The summed E-state index contributed by atoms with van der Waals surface area (Å²) < 4.78 is 28.7. The quantitative estimate of drug-likeness (QED) is 0.571. The predicted molar refractivity (Wildman–Crippen MR) is 60.7 cm³/mol. The van der Waals surface area contributed by atoms with E-state index in [1.807, 2.05) is 0 Å². The van der Waals surface area contributed by atoms with E-state index in [1.54, 1.807) is 0 Å². The van der Waals surface area contributed by atoms with Gasteiger partial charge in [0.25, 0.3) is 0 Å². The first kappa shape index (κ1) is 12.5. The monoisotopic (exact) mass is 284 g/mol. The van der Waals surface area contributed by atoms with Gasteiger partial charge in [-0.25, -0.2) is 8.42 Å². The predicted octanol–water partition coefficient (Wildman–Crippen LogP) is 1.76. The Labute approximate surface area is 94.3 Å². The van der Waals surface area contributed by atoms with Crippen LogP contribution < -0.4 is 0 Å². The fourth-order valence-electron chi connectivity index (χ4n) is 1.60. The van der Waals surface area contributed by atoms with Crippen molar-refractivity contribution in [1.29, 1.82) is 0 Å². The average molecular weight is 285 g/mol. The number of alkyl halides is 1. The molecular formula is C9H17BrO3S. The van der Waals surface area contributed by atoms with E-state index in [0.717, 1.165) is 18.2 Å². The zero-order chi connectivity index (χ0) is 10.4. The zero-order valence-electron chi connectivity index (χ0n) is 8.25. The highest BCUT2D eigenvalue weighted by molar-refractivity contribution is 9.09. The van der Waals surface area contributed by atoms with Gasteiger partial charge in [0.05, 0.1) is 11.0 Å². The van der Waals surface area contributed by atoms with Gasteiger partial charge in [-0.15, -0.1) is 0 Å². The lowest BCUT2D eigenvalue weighted by Gasteiger charge is -2.21. The second-order valence-electron chi connectivity index (χ2n) is 3.57. The van der Waals surface area contributed by atoms with Gasteiger partial charge < -0.3 is 4.74 Å². The molecule has 0 unspecified atom stereocenters. The fraction of sp³-hybridized carbons (Fsp3) is 1.00. The summed E-state index contributed by atoms with van der Waals surface area (Å²) in [6.07, 6.45) is 3.06. The second kappa shape index (κ2) is 6.08. The number of hydrogen-bond acceptors (Lipinski definition) is 3. The van der Waals surface area contributed by atoms with E-state index in [0.29, 0.717) is 31.8 Å². The van der Waals surface area contributed by atoms with E-state index in [1.165, 1.54) is 0 Å². The molecule has 1 saturated heterocycles. The van der Waals surface area contributed by atoms with Crippen molar-refractivity contribution in [2.45, 2.75) is 30.9 Å². The van der Waals surface area contributed by atoms with Crippen LogP contribution in [-0.4, -0.2) is 38.0 Å². The molecule has 1 rings (SSSR count). The Balaban J connectivity index is 2.38. The van der Waals surface area contributed by atoms with Crippen LogP contribution in [-0.2, 0) is 14.6 Å². The van der Waals surface area contributed by atoms with Crippen LogP contribution >= 0.6 is 15.9 Å². The summed E-state index contributed by atoms with van der Waals surface area (Å²) in [5.74, 6) is 0.337. The van der Waals surface area contributed by atoms with Crippen LogP contribution in [0.15, 0.2) is 0 Å². The van der Waals surface area contributed by atoms with Crippen LogP contribution in [0, 0.1) is 0 Å². The smallest absolute Gasteiger partial charge is 0.153 e. The summed E-state index contributed by atoms with van der Waals surface area (Å²) in [5.41, 5.74) is 0. The third-order valence-corrected chi connectivity index (χ3v) is 5.39. The van der Waals surface area contributed by atoms with Crippen molar-refractivity contribution in [2.24, 2.45) is 0 Å². The number of unbranched alkanes of at least 4 members (excludes halogenated alkanes) is 1. The van der Waals surface area contributed by atoms with Crippen LogP contribution in [0.3, 0.4) is 0 Å². The van der Waals surface area contributed by atoms with E-state index < -0.39 is 9.84 Å². The van der Waals surface area contributed by atoms with Gasteiger partial charge in [-0.05, 0) is 25.7 Å². The molecule has 0 aromatic rings. The van der Waals surface area contributed by atoms with Crippen molar-refractivity contribution < 1.29 is 13.2 Å². The molecular weight excluding hydrogens is 268 g/mol. The van der Waals surface area contributed by atoms with Gasteiger partial charge in [-0.1, -0.05) is 15.9 Å². The Morgan fingerprint density at radius 1 is 1.21 bits per heavy atom. The van der Waals surface area contributed by atoms with Crippen molar-refractivity contribution in [3.05, 3.63) is 0 Å². The minimum absolute atomic E-state index is 0.147. The summed E-state index contributed by atoms with van der Waals surface area (Å²) in [6, 6.07) is 0. The number of sulfone groups is 1. The minimum Gasteiger partial charge on any atom is -0.381 e. The lowest BCUT2D eigenvalue weighted by molar-refractivity contribution is 0.0983. The first-order valence-corrected chi connectivity index (χ1v) is 7.86. The molecule has 0 aliphatic carbocycles. The molecule has 3 nitrogen and oxygen atoms in total. The largest absolute Gasteiger partial charge is 0.381 e. The van der Waals surface area contributed by atoms with E-state index in [4.69, 9.17) is 4.74 Å². The third kappa shape index (κ3) is 3.87. The topological polar surface area (TPSA) is 43.4 Å². The zero-order valence-corrected chi connectivity index (χ0v) is 10.6. The highest BCUT2D eigenvalue weighted by Gasteiger charge is 2.26. The standard InChI is InChI=1S/C9H17BrO3S/c10-5-1-2-8-14(11,12)9-3-6-13-7-4-9/h9H,1-8H2. The summed E-state index contributed by atoms with van der Waals surface area (Å²) >= 11 is 3.30. The number of rotatable bonds is 5. The highest BCUT2D eigenvalue weighted by Crippen LogP contribution is 2.17. The maximum Gasteiger partial charge on any atom is 0.153 e. The van der Waals surface area contributed by atoms with Crippen molar-refractivity contribution in [1.82, 2.24) is 0 Å². The molecule has 0 aromatic heterocycles. The number of hydrogen-bond donors (Lipinski definition) is 0. The van der Waals surface area contributed by atoms with Gasteiger partial charge >= 0.3 is 0 Å². The Kier molecular flexibility index (Phi) is 5.41. The molecule has 0 N–H and O–H groups in total. The molecule has 0 amide bonds. The highest BCUT2D eigenvalue weighted by atomic mass is 79.9. The molecule has 0 aromatic carbocycles. The molecule has 0 atom stereocenters. The van der Waals surface area contributed by atoms with Crippen molar-refractivity contribution in [2.75, 3.05) is 24.3 Å². The van der Waals surface area contributed by atoms with Gasteiger partial charge in [0.2, 0.25) is 0 Å². The molecule has 1 fully saturated rings. The molecule has 1 aliphatic heterocycles. The van der Waals surface area contributed by atoms with Crippen LogP contribution in [0.2, 0.25) is 0 Å². The SMILES string of the molecule is O=S(=O)(CCCCBr)C1CCOCC1. The summed E-state index contributed by atoms with van der Waals surface area (Å²) in [6.45, 7) is 1.20. The maximum absolute atomic E-state index is 11.8. The molecule has 0 bridgehead atoms. The summed E-state index contributed by atoms with van der Waals surface area (Å²) in [5, 5.41) is 0.739. The Hall–Kier alpha value is 0.390. The van der Waals surface area contributed by atoms with Crippen molar-refractivity contribution in [3.8, 4) is 0 Å². The lowest BCUT2D eigenvalue weighted by Crippen LogP contribution is -2.30. The molecule has 0 radical (unpaired) electrons. The van der Waals surface area contributed by atoms with E-state index in [2.05, 4.69) is 15.9 Å². The molecule has 1 heterocycles. The summed E-state index contributed by atoms with van der Waals surface area (Å²) in [7, 11) is -2.86. The Bertz CT molecular complexity index is 245. The number of ether oxygens (including phenoxy) is 1. The van der Waals surface area contributed by atoms with Gasteiger partial charge in [0, 0.05) is 18.5 Å². The third-order valence-electron chi connectivity index (χ3n) is 2.49. The van der Waals surface area contributed by atoms with E-state index >= 15 is 0 Å². The molecule has 84 valence electrons. The van der Waals surface area contributed by atoms with E-state index in [-0.39, 0.29) is 5.25 Å². The van der Waals surface area contributed by atoms with Crippen LogP contribution in [0.5, 0.6) is 0 Å². The van der Waals surface area contributed by atoms with Gasteiger partial charge in [0.1, 0.15) is 0 Å². The second-order valence-corrected chi connectivity index (χ2v) is 6.77. The molecule has 0 spiro atoms. The summed E-state index contributed by atoms with van der Waals surface area (Å²) in [4.78, 5) is 0. The van der Waals surface area contributed by atoms with E-state index in [9.17, 15) is 8.42 Å². The lowest BCUT2D eigenvalue weighted by atomic mass is 10.2. The van der Waals surface area contributed by atoms with Crippen LogP contribution in [0.1, 0.15) is 25.7 Å². The fourth-order valence-corrected chi connectivity index (χ4v) is 3.85. The first-order chi connectivity index (χ1) is 6.67. The van der Waals surface area contributed by atoms with Crippen molar-refractivity contribution >= 4 is 25.8 Å². The molecule has 14 heavy (non-hydrogen) atoms. The molecule has 1 aliphatic rings.